The lowest BCUT2D eigenvalue weighted by Gasteiger charge is -1.99. The van der Waals surface area contributed by atoms with Crippen molar-refractivity contribution < 1.29 is 4.79 Å². The van der Waals surface area contributed by atoms with Gasteiger partial charge in [-0.2, -0.15) is 0 Å². The molecule has 0 saturated heterocycles. The number of rotatable bonds is 1. The molecular weight excluding hydrogens is 248 g/mol. The maximum Gasteiger partial charge on any atom is 0.278 e. The first-order chi connectivity index (χ1) is 9.84. The average molecular weight is 258 g/mol. The summed E-state index contributed by atoms with van der Waals surface area (Å²) in [5, 5.41) is 2.55. The van der Waals surface area contributed by atoms with E-state index in [1.807, 2.05) is 54.6 Å². The molecular formula is C17H10N2O. The Morgan fingerprint density at radius 1 is 0.850 bits per heavy atom. The molecule has 0 radical (unpaired) electrons. The highest BCUT2D eigenvalue weighted by Gasteiger charge is 2.19. The van der Waals surface area contributed by atoms with E-state index < -0.39 is 0 Å². The first-order valence-corrected chi connectivity index (χ1v) is 6.41. The van der Waals surface area contributed by atoms with Crippen LogP contribution in [0.15, 0.2) is 65.8 Å². The van der Waals surface area contributed by atoms with Crippen molar-refractivity contribution >= 4 is 22.4 Å². The van der Waals surface area contributed by atoms with E-state index in [0.717, 1.165) is 27.0 Å². The van der Waals surface area contributed by atoms with E-state index in [1.165, 1.54) is 0 Å². The first kappa shape index (κ1) is 11.1. The van der Waals surface area contributed by atoms with E-state index >= 15 is 0 Å². The van der Waals surface area contributed by atoms with Crippen molar-refractivity contribution in [2.45, 2.75) is 0 Å². The fourth-order valence-electron chi connectivity index (χ4n) is 2.62. The van der Waals surface area contributed by atoms with Crippen LogP contribution < -0.4 is 10.6 Å². The number of nitrogens with zero attached hydrogens (tertiary/aromatic N) is 2. The lowest BCUT2D eigenvalue weighted by atomic mass is 10.0. The third-order valence-corrected chi connectivity index (χ3v) is 3.52. The molecule has 0 aliphatic carbocycles. The largest absolute Gasteiger partial charge is 0.278 e. The monoisotopic (exact) mass is 258 g/mol. The summed E-state index contributed by atoms with van der Waals surface area (Å²) >= 11 is 0. The van der Waals surface area contributed by atoms with Crippen molar-refractivity contribution in [3.8, 4) is 0 Å². The Balaban J connectivity index is 2.17. The van der Waals surface area contributed by atoms with Gasteiger partial charge >= 0.3 is 0 Å². The molecule has 3 heteroatoms. The third kappa shape index (κ3) is 1.50. The second kappa shape index (κ2) is 4.10. The minimum atomic E-state index is -0.178. The minimum Gasteiger partial charge on any atom is -0.267 e. The van der Waals surface area contributed by atoms with Gasteiger partial charge in [-0.25, -0.2) is 4.99 Å². The van der Waals surface area contributed by atoms with E-state index in [9.17, 15) is 4.79 Å². The zero-order valence-electron chi connectivity index (χ0n) is 10.6. The molecule has 1 aromatic heterocycles. The fourth-order valence-corrected chi connectivity index (χ4v) is 2.62. The SMILES string of the molecule is O=C1N=c2c(ccc3ncccc23)=C1c1ccccc1. The van der Waals surface area contributed by atoms with Crippen molar-refractivity contribution in [2.24, 2.45) is 4.99 Å². The maximum atomic E-state index is 12.3. The molecule has 1 aliphatic rings. The van der Waals surface area contributed by atoms with Crippen molar-refractivity contribution in [1.82, 2.24) is 4.98 Å². The molecule has 2 heterocycles. The molecule has 1 amide bonds. The van der Waals surface area contributed by atoms with Crippen LogP contribution in [0, 0.1) is 0 Å². The quantitative estimate of drug-likeness (QED) is 0.665. The predicted octanol–water partition coefficient (Wildman–Crippen LogP) is 1.59. The Morgan fingerprint density at radius 3 is 2.55 bits per heavy atom. The maximum absolute atomic E-state index is 12.3. The summed E-state index contributed by atoms with van der Waals surface area (Å²) in [6.07, 6.45) is 1.74. The van der Waals surface area contributed by atoms with Crippen LogP contribution in [0.5, 0.6) is 0 Å². The van der Waals surface area contributed by atoms with E-state index in [4.69, 9.17) is 0 Å². The predicted molar refractivity (Wildman–Crippen MR) is 76.5 cm³/mol. The van der Waals surface area contributed by atoms with Crippen LogP contribution in [0.25, 0.3) is 16.5 Å². The zero-order valence-corrected chi connectivity index (χ0v) is 10.6. The van der Waals surface area contributed by atoms with Gasteiger partial charge in [0, 0.05) is 16.8 Å². The molecule has 94 valence electrons. The summed E-state index contributed by atoms with van der Waals surface area (Å²) in [5.74, 6) is -0.178. The minimum absolute atomic E-state index is 0.178. The molecule has 0 atom stereocenters. The van der Waals surface area contributed by atoms with Gasteiger partial charge in [-0.05, 0) is 29.8 Å². The fraction of sp³-hybridized carbons (Fsp3) is 0. The first-order valence-electron chi connectivity index (χ1n) is 6.41. The van der Waals surface area contributed by atoms with Gasteiger partial charge in [-0.15, -0.1) is 0 Å². The topological polar surface area (TPSA) is 42.3 Å². The van der Waals surface area contributed by atoms with Crippen LogP contribution in [0.3, 0.4) is 0 Å². The van der Waals surface area contributed by atoms with E-state index in [1.54, 1.807) is 6.20 Å². The number of carbonyl (C=O) groups excluding carboxylic acids is 1. The molecule has 0 saturated carbocycles. The Kier molecular flexibility index (Phi) is 2.27. The van der Waals surface area contributed by atoms with Crippen molar-refractivity contribution in [1.29, 1.82) is 0 Å². The van der Waals surface area contributed by atoms with Crippen molar-refractivity contribution in [2.75, 3.05) is 0 Å². The molecule has 0 bridgehead atoms. The Hall–Kier alpha value is -2.81. The van der Waals surface area contributed by atoms with E-state index in [0.29, 0.717) is 5.57 Å². The summed E-state index contributed by atoms with van der Waals surface area (Å²) < 4.78 is 0. The van der Waals surface area contributed by atoms with Gasteiger partial charge in [0.25, 0.3) is 5.91 Å². The molecule has 3 aromatic rings. The Morgan fingerprint density at radius 2 is 1.70 bits per heavy atom. The summed E-state index contributed by atoms with van der Waals surface area (Å²) in [6.45, 7) is 0. The Bertz CT molecular complexity index is 959. The van der Waals surface area contributed by atoms with Gasteiger partial charge in [0.05, 0.1) is 16.4 Å². The summed E-state index contributed by atoms with van der Waals surface area (Å²) in [5.41, 5.74) is 2.44. The molecule has 0 unspecified atom stereocenters. The van der Waals surface area contributed by atoms with Crippen LogP contribution in [0.1, 0.15) is 5.56 Å². The van der Waals surface area contributed by atoms with Crippen LogP contribution in [-0.2, 0) is 4.79 Å². The number of hydrogen-bond donors (Lipinski definition) is 0. The van der Waals surface area contributed by atoms with Crippen LogP contribution in [-0.4, -0.2) is 10.9 Å². The van der Waals surface area contributed by atoms with E-state index in [-0.39, 0.29) is 5.91 Å². The van der Waals surface area contributed by atoms with Gasteiger partial charge in [0.2, 0.25) is 0 Å². The molecule has 0 fully saturated rings. The number of fused-ring (bicyclic) bond motifs is 3. The van der Waals surface area contributed by atoms with E-state index in [2.05, 4.69) is 9.98 Å². The highest BCUT2D eigenvalue weighted by atomic mass is 16.1. The number of amides is 1. The lowest BCUT2D eigenvalue weighted by molar-refractivity contribution is -0.112. The second-order valence-electron chi connectivity index (χ2n) is 4.69. The number of pyridine rings is 1. The lowest BCUT2D eigenvalue weighted by Crippen LogP contribution is -2.24. The van der Waals surface area contributed by atoms with Gasteiger partial charge in [-0.3, -0.25) is 9.78 Å². The summed E-state index contributed by atoms with van der Waals surface area (Å²) in [4.78, 5) is 20.8. The molecule has 3 nitrogen and oxygen atoms in total. The number of benzene rings is 2. The average Bonchev–Trinajstić information content (AvgIpc) is 2.84. The van der Waals surface area contributed by atoms with Gasteiger partial charge < -0.3 is 0 Å². The molecule has 4 rings (SSSR count). The van der Waals surface area contributed by atoms with Gasteiger partial charge in [-0.1, -0.05) is 30.3 Å². The molecule has 20 heavy (non-hydrogen) atoms. The van der Waals surface area contributed by atoms with Crippen molar-refractivity contribution in [3.05, 3.63) is 76.9 Å². The Labute approximate surface area is 114 Å². The summed E-state index contributed by atoms with van der Waals surface area (Å²) in [7, 11) is 0. The highest BCUT2D eigenvalue weighted by Crippen LogP contribution is 2.15. The van der Waals surface area contributed by atoms with Crippen LogP contribution in [0.2, 0.25) is 0 Å². The normalized spacial score (nSPS) is 13.4. The third-order valence-electron chi connectivity index (χ3n) is 3.52. The molecule has 0 spiro atoms. The smallest absolute Gasteiger partial charge is 0.267 e. The zero-order chi connectivity index (χ0) is 13.5. The second-order valence-corrected chi connectivity index (χ2v) is 4.69. The number of carbonyl (C=O) groups is 1. The molecule has 0 N–H and O–H groups in total. The molecule has 2 aromatic carbocycles. The van der Waals surface area contributed by atoms with Crippen molar-refractivity contribution in [3.63, 3.8) is 0 Å². The highest BCUT2D eigenvalue weighted by molar-refractivity contribution is 6.21. The standard InChI is InChI=1S/C17H10N2O/c20-17-15(11-5-2-1-3-6-11)13-8-9-14-12(16(13)19-17)7-4-10-18-14/h1-10H. The number of aromatic nitrogens is 1. The van der Waals surface area contributed by atoms with Gasteiger partial charge in [0.1, 0.15) is 0 Å². The number of hydrogen-bond acceptors (Lipinski definition) is 2. The van der Waals surface area contributed by atoms with Crippen LogP contribution >= 0.6 is 0 Å². The molecule has 1 aliphatic heterocycles. The van der Waals surface area contributed by atoms with Gasteiger partial charge in [0.15, 0.2) is 0 Å². The van der Waals surface area contributed by atoms with Crippen LogP contribution in [0.4, 0.5) is 0 Å². The summed E-state index contributed by atoms with van der Waals surface area (Å²) in [6, 6.07) is 17.3.